The molecule has 0 saturated carbocycles. The molecular weight excluding hydrogens is 264 g/mol. The summed E-state index contributed by atoms with van der Waals surface area (Å²) in [7, 11) is 0. The van der Waals surface area contributed by atoms with Gasteiger partial charge in [0.25, 0.3) is 0 Å². The van der Waals surface area contributed by atoms with Crippen LogP contribution in [0.2, 0.25) is 0 Å². The highest BCUT2D eigenvalue weighted by atomic mass is 16.5. The summed E-state index contributed by atoms with van der Waals surface area (Å²) in [5, 5.41) is 6.48. The molecule has 0 amide bonds. The standard InChI is InChI=1S/C16H20N4O/c1-3-17-16-19-11(2)8-15(20-16)18-10-13-9-12-6-4-5-7-14(12)21-13/h4-8,13H,3,9-10H2,1-2H3,(H2,17,18,19,20). The Morgan fingerprint density at radius 2 is 2.10 bits per heavy atom. The van der Waals surface area contributed by atoms with Crippen molar-refractivity contribution in [1.82, 2.24) is 9.97 Å². The van der Waals surface area contributed by atoms with Crippen LogP contribution in [0.1, 0.15) is 18.2 Å². The molecule has 0 spiro atoms. The van der Waals surface area contributed by atoms with Gasteiger partial charge in [0.15, 0.2) is 0 Å². The molecule has 1 aliphatic rings. The molecule has 1 aromatic heterocycles. The molecule has 0 radical (unpaired) electrons. The van der Waals surface area contributed by atoms with Gasteiger partial charge in [0.2, 0.25) is 5.95 Å². The van der Waals surface area contributed by atoms with Crippen molar-refractivity contribution in [3.8, 4) is 5.75 Å². The van der Waals surface area contributed by atoms with Gasteiger partial charge in [-0.05, 0) is 25.5 Å². The summed E-state index contributed by atoms with van der Waals surface area (Å²) in [6, 6.07) is 10.1. The maximum atomic E-state index is 5.92. The molecule has 5 heteroatoms. The molecule has 110 valence electrons. The van der Waals surface area contributed by atoms with Gasteiger partial charge in [-0.3, -0.25) is 0 Å². The Balaban J connectivity index is 1.61. The summed E-state index contributed by atoms with van der Waals surface area (Å²) < 4.78 is 5.92. The van der Waals surface area contributed by atoms with Crippen LogP contribution >= 0.6 is 0 Å². The highest BCUT2D eigenvalue weighted by molar-refractivity contribution is 5.43. The number of hydrogen-bond acceptors (Lipinski definition) is 5. The lowest BCUT2D eigenvalue weighted by Crippen LogP contribution is -2.24. The molecular formula is C16H20N4O. The molecule has 1 aromatic carbocycles. The first-order valence-electron chi connectivity index (χ1n) is 7.32. The van der Waals surface area contributed by atoms with Crippen molar-refractivity contribution in [2.24, 2.45) is 0 Å². The van der Waals surface area contributed by atoms with Crippen molar-refractivity contribution in [3.05, 3.63) is 41.6 Å². The SMILES string of the molecule is CCNc1nc(C)cc(NCC2Cc3ccccc3O2)n1. The molecule has 3 rings (SSSR count). The van der Waals surface area contributed by atoms with Crippen LogP contribution in [0.15, 0.2) is 30.3 Å². The van der Waals surface area contributed by atoms with Crippen LogP contribution in [-0.2, 0) is 6.42 Å². The second-order valence-electron chi connectivity index (χ2n) is 5.18. The lowest BCUT2D eigenvalue weighted by atomic mass is 10.1. The molecule has 0 aliphatic carbocycles. The van der Waals surface area contributed by atoms with Gasteiger partial charge in [-0.2, -0.15) is 4.98 Å². The zero-order chi connectivity index (χ0) is 14.7. The predicted molar refractivity (Wildman–Crippen MR) is 84.0 cm³/mol. The van der Waals surface area contributed by atoms with Crippen LogP contribution in [0, 0.1) is 6.92 Å². The molecule has 21 heavy (non-hydrogen) atoms. The van der Waals surface area contributed by atoms with Gasteiger partial charge >= 0.3 is 0 Å². The fourth-order valence-corrected chi connectivity index (χ4v) is 2.48. The van der Waals surface area contributed by atoms with Gasteiger partial charge in [0.1, 0.15) is 17.7 Å². The van der Waals surface area contributed by atoms with Crippen molar-refractivity contribution >= 4 is 11.8 Å². The predicted octanol–water partition coefficient (Wildman–Crippen LogP) is 2.63. The lowest BCUT2D eigenvalue weighted by Gasteiger charge is -2.13. The van der Waals surface area contributed by atoms with Crippen LogP contribution in [0.3, 0.4) is 0 Å². The second kappa shape index (κ2) is 5.99. The van der Waals surface area contributed by atoms with E-state index in [2.05, 4.69) is 32.7 Å². The summed E-state index contributed by atoms with van der Waals surface area (Å²) in [6.07, 6.45) is 1.09. The average Bonchev–Trinajstić information content (AvgIpc) is 2.88. The second-order valence-corrected chi connectivity index (χ2v) is 5.18. The number of aryl methyl sites for hydroxylation is 1. The smallest absolute Gasteiger partial charge is 0.224 e. The van der Waals surface area contributed by atoms with Gasteiger partial charge in [0.05, 0.1) is 6.54 Å². The lowest BCUT2D eigenvalue weighted by molar-refractivity contribution is 0.246. The van der Waals surface area contributed by atoms with Crippen LogP contribution in [0.5, 0.6) is 5.75 Å². The largest absolute Gasteiger partial charge is 0.488 e. The Morgan fingerprint density at radius 1 is 1.24 bits per heavy atom. The van der Waals surface area contributed by atoms with Crippen molar-refractivity contribution in [2.45, 2.75) is 26.4 Å². The van der Waals surface area contributed by atoms with Crippen molar-refractivity contribution < 1.29 is 4.74 Å². The number of rotatable bonds is 5. The number of ether oxygens (including phenoxy) is 1. The molecule has 0 bridgehead atoms. The monoisotopic (exact) mass is 284 g/mol. The third kappa shape index (κ3) is 3.24. The Hall–Kier alpha value is -2.30. The van der Waals surface area contributed by atoms with Crippen LogP contribution in [-0.4, -0.2) is 29.2 Å². The zero-order valence-electron chi connectivity index (χ0n) is 12.4. The van der Waals surface area contributed by atoms with E-state index < -0.39 is 0 Å². The van der Waals surface area contributed by atoms with E-state index in [9.17, 15) is 0 Å². The van der Waals surface area contributed by atoms with E-state index in [0.717, 1.165) is 36.8 Å². The highest BCUT2D eigenvalue weighted by Gasteiger charge is 2.22. The molecule has 1 unspecified atom stereocenters. The maximum absolute atomic E-state index is 5.92. The van der Waals surface area contributed by atoms with E-state index in [4.69, 9.17) is 4.74 Å². The van der Waals surface area contributed by atoms with E-state index in [1.807, 2.05) is 32.0 Å². The van der Waals surface area contributed by atoms with Gasteiger partial charge < -0.3 is 15.4 Å². The normalized spacial score (nSPS) is 16.2. The molecule has 1 atom stereocenters. The first-order valence-corrected chi connectivity index (χ1v) is 7.32. The van der Waals surface area contributed by atoms with Crippen LogP contribution in [0.4, 0.5) is 11.8 Å². The Kier molecular flexibility index (Phi) is 3.90. The number of anilines is 2. The van der Waals surface area contributed by atoms with Gasteiger partial charge in [0, 0.05) is 24.7 Å². The minimum Gasteiger partial charge on any atom is -0.488 e. The minimum atomic E-state index is 0.153. The number of fused-ring (bicyclic) bond motifs is 1. The number of benzene rings is 1. The number of nitrogens with one attached hydrogen (secondary N) is 2. The van der Waals surface area contributed by atoms with Crippen molar-refractivity contribution in [1.29, 1.82) is 0 Å². The van der Waals surface area contributed by atoms with E-state index in [1.165, 1.54) is 5.56 Å². The minimum absolute atomic E-state index is 0.153. The Bertz CT molecular complexity index is 604. The molecule has 2 aromatic rings. The Labute approximate surface area is 124 Å². The van der Waals surface area contributed by atoms with E-state index >= 15 is 0 Å². The fourth-order valence-electron chi connectivity index (χ4n) is 2.48. The van der Waals surface area contributed by atoms with Crippen LogP contribution < -0.4 is 15.4 Å². The molecule has 0 fully saturated rings. The van der Waals surface area contributed by atoms with Gasteiger partial charge in [-0.25, -0.2) is 4.98 Å². The first kappa shape index (κ1) is 13.7. The van der Waals surface area contributed by atoms with E-state index in [1.54, 1.807) is 0 Å². The summed E-state index contributed by atoms with van der Waals surface area (Å²) >= 11 is 0. The zero-order valence-corrected chi connectivity index (χ0v) is 12.4. The molecule has 5 nitrogen and oxygen atoms in total. The third-order valence-electron chi connectivity index (χ3n) is 3.41. The van der Waals surface area contributed by atoms with Crippen molar-refractivity contribution in [3.63, 3.8) is 0 Å². The Morgan fingerprint density at radius 3 is 2.90 bits per heavy atom. The highest BCUT2D eigenvalue weighted by Crippen LogP contribution is 2.28. The number of nitrogens with zero attached hydrogens (tertiary/aromatic N) is 2. The summed E-state index contributed by atoms with van der Waals surface area (Å²) in [4.78, 5) is 8.79. The quantitative estimate of drug-likeness (QED) is 0.884. The fraction of sp³-hybridized carbons (Fsp3) is 0.375. The van der Waals surface area contributed by atoms with Crippen LogP contribution in [0.25, 0.3) is 0 Å². The van der Waals surface area contributed by atoms with Gasteiger partial charge in [-0.15, -0.1) is 0 Å². The summed E-state index contributed by atoms with van der Waals surface area (Å²) in [6.45, 7) is 5.54. The number of para-hydroxylation sites is 1. The average molecular weight is 284 g/mol. The molecule has 1 aliphatic heterocycles. The topological polar surface area (TPSA) is 59.1 Å². The molecule has 0 saturated heterocycles. The maximum Gasteiger partial charge on any atom is 0.224 e. The number of aromatic nitrogens is 2. The molecule has 2 N–H and O–H groups in total. The van der Waals surface area contributed by atoms with Gasteiger partial charge in [-0.1, -0.05) is 18.2 Å². The summed E-state index contributed by atoms with van der Waals surface area (Å²) in [5.41, 5.74) is 2.22. The van der Waals surface area contributed by atoms with Crippen molar-refractivity contribution in [2.75, 3.05) is 23.7 Å². The van der Waals surface area contributed by atoms with E-state index in [0.29, 0.717) is 5.95 Å². The van der Waals surface area contributed by atoms with E-state index in [-0.39, 0.29) is 6.10 Å². The third-order valence-corrected chi connectivity index (χ3v) is 3.41. The summed E-state index contributed by atoms with van der Waals surface area (Å²) in [5.74, 6) is 2.49. The first-order chi connectivity index (χ1) is 10.2. The number of hydrogen-bond donors (Lipinski definition) is 2. The molecule has 2 heterocycles.